The Balaban J connectivity index is 1.93. The molecule has 0 saturated carbocycles. The van der Waals surface area contributed by atoms with Gasteiger partial charge in [0.15, 0.2) is 8.87 Å². The zero-order valence-electron chi connectivity index (χ0n) is 9.48. The second-order valence-electron chi connectivity index (χ2n) is 3.80. The zero-order valence-corrected chi connectivity index (χ0v) is 11.1. The minimum Gasteiger partial charge on any atom is -0.285 e. The molecular formula is C10H18N2O2S2. The van der Waals surface area contributed by atoms with E-state index >= 15 is 0 Å². The quantitative estimate of drug-likeness (QED) is 0.576. The lowest BCUT2D eigenvalue weighted by molar-refractivity contribution is 0.615. The van der Waals surface area contributed by atoms with Crippen molar-refractivity contribution in [2.75, 3.05) is 12.0 Å². The van der Waals surface area contributed by atoms with Crippen molar-refractivity contribution in [3.05, 3.63) is 18.0 Å². The number of nitrogens with zero attached hydrogens (tertiary/aromatic N) is 1. The third-order valence-electron chi connectivity index (χ3n) is 2.21. The molecular weight excluding hydrogens is 244 g/mol. The van der Waals surface area contributed by atoms with Gasteiger partial charge in [-0.05, 0) is 35.6 Å². The molecule has 1 rings (SSSR count). The van der Waals surface area contributed by atoms with Crippen LogP contribution in [-0.2, 0) is 15.3 Å². The fourth-order valence-corrected chi connectivity index (χ4v) is 3.30. The van der Waals surface area contributed by atoms with Gasteiger partial charge < -0.3 is 0 Å². The summed E-state index contributed by atoms with van der Waals surface area (Å²) in [5, 5.41) is 6.67. The normalized spacial score (nSPS) is 11.8. The van der Waals surface area contributed by atoms with E-state index < -0.39 is 8.87 Å². The van der Waals surface area contributed by atoms with Gasteiger partial charge in [-0.3, -0.25) is 5.10 Å². The molecule has 6 heteroatoms. The zero-order chi connectivity index (χ0) is 11.9. The van der Waals surface area contributed by atoms with Gasteiger partial charge in [0.1, 0.15) is 0 Å². The first-order valence-electron chi connectivity index (χ1n) is 5.40. The van der Waals surface area contributed by atoms with Crippen LogP contribution in [0.5, 0.6) is 0 Å². The third-order valence-corrected chi connectivity index (χ3v) is 4.88. The number of aromatic nitrogens is 2. The monoisotopic (exact) mass is 262 g/mol. The molecule has 1 heterocycles. The van der Waals surface area contributed by atoms with Gasteiger partial charge in [-0.15, -0.1) is 0 Å². The lowest BCUT2D eigenvalue weighted by atomic mass is 10.1. The molecule has 0 aliphatic carbocycles. The highest BCUT2D eigenvalue weighted by Gasteiger charge is 2.01. The Labute approximate surface area is 101 Å². The van der Waals surface area contributed by atoms with Crippen LogP contribution in [0, 0.1) is 0 Å². The predicted molar refractivity (Wildman–Crippen MR) is 68.1 cm³/mol. The van der Waals surface area contributed by atoms with Gasteiger partial charge in [0, 0.05) is 18.2 Å². The highest BCUT2D eigenvalue weighted by Crippen LogP contribution is 2.14. The van der Waals surface area contributed by atoms with Gasteiger partial charge in [-0.1, -0.05) is 12.8 Å². The van der Waals surface area contributed by atoms with Gasteiger partial charge in [0.05, 0.1) is 6.20 Å². The Kier molecular flexibility index (Phi) is 5.90. The molecule has 0 aliphatic rings. The smallest absolute Gasteiger partial charge is 0.198 e. The van der Waals surface area contributed by atoms with Crippen molar-refractivity contribution in [3.8, 4) is 0 Å². The Hall–Kier alpha value is -0.490. The van der Waals surface area contributed by atoms with Crippen LogP contribution in [0.15, 0.2) is 12.4 Å². The Morgan fingerprint density at radius 2 is 2.06 bits per heavy atom. The van der Waals surface area contributed by atoms with Gasteiger partial charge in [-0.25, -0.2) is 8.42 Å². The van der Waals surface area contributed by atoms with Crippen LogP contribution in [0.2, 0.25) is 0 Å². The number of hydrogen-bond donors (Lipinski definition) is 1. The maximum atomic E-state index is 10.8. The van der Waals surface area contributed by atoms with Crippen LogP contribution in [0.3, 0.4) is 0 Å². The minimum atomic E-state index is -2.85. The first kappa shape index (κ1) is 13.6. The SMILES string of the molecule is CS(=O)(=O)SCCCCCCc1cn[nH]c1. The predicted octanol–water partition coefficient (Wildman–Crippen LogP) is 2.21. The van der Waals surface area contributed by atoms with Crippen LogP contribution in [0.1, 0.15) is 31.2 Å². The van der Waals surface area contributed by atoms with Crippen LogP contribution in [-0.4, -0.2) is 30.6 Å². The van der Waals surface area contributed by atoms with Crippen molar-refractivity contribution >= 4 is 19.7 Å². The molecule has 1 aromatic heterocycles. The highest BCUT2D eigenvalue weighted by atomic mass is 33.1. The molecule has 0 unspecified atom stereocenters. The lowest BCUT2D eigenvalue weighted by Crippen LogP contribution is -1.91. The Bertz CT molecular complexity index is 374. The van der Waals surface area contributed by atoms with E-state index in [0.717, 1.165) is 42.9 Å². The number of aryl methyl sites for hydroxylation is 1. The summed E-state index contributed by atoms with van der Waals surface area (Å²) in [7, 11) is -1.80. The average molecular weight is 262 g/mol. The molecule has 16 heavy (non-hydrogen) atoms. The highest BCUT2D eigenvalue weighted by molar-refractivity contribution is 8.71. The van der Waals surface area contributed by atoms with Crippen molar-refractivity contribution in [1.82, 2.24) is 10.2 Å². The van der Waals surface area contributed by atoms with E-state index in [-0.39, 0.29) is 0 Å². The summed E-state index contributed by atoms with van der Waals surface area (Å²) in [4.78, 5) is 0. The first-order chi connectivity index (χ1) is 7.58. The molecule has 1 N–H and O–H groups in total. The molecule has 0 fully saturated rings. The first-order valence-corrected chi connectivity index (χ1v) is 8.79. The molecule has 0 amide bonds. The standard InChI is InChI=1S/C10H18N2O2S2/c1-16(13,14)15-7-5-3-2-4-6-10-8-11-12-9-10/h8-9H,2-7H2,1H3,(H,11,12). The van der Waals surface area contributed by atoms with Crippen molar-refractivity contribution in [2.45, 2.75) is 32.1 Å². The summed E-state index contributed by atoms with van der Waals surface area (Å²) in [5.41, 5.74) is 1.24. The van der Waals surface area contributed by atoms with E-state index in [2.05, 4.69) is 10.2 Å². The number of H-pyrrole nitrogens is 1. The van der Waals surface area contributed by atoms with E-state index in [0.29, 0.717) is 5.75 Å². The molecule has 1 aromatic rings. The van der Waals surface area contributed by atoms with Crippen LogP contribution < -0.4 is 0 Å². The molecule has 0 radical (unpaired) electrons. The average Bonchev–Trinajstić information content (AvgIpc) is 2.67. The molecule has 0 atom stereocenters. The van der Waals surface area contributed by atoms with Gasteiger partial charge >= 0.3 is 0 Å². The lowest BCUT2D eigenvalue weighted by Gasteiger charge is -2.00. The van der Waals surface area contributed by atoms with Crippen LogP contribution in [0.25, 0.3) is 0 Å². The number of hydrogen-bond acceptors (Lipinski definition) is 4. The fraction of sp³-hybridized carbons (Fsp3) is 0.700. The number of nitrogens with one attached hydrogen (secondary N) is 1. The summed E-state index contributed by atoms with van der Waals surface area (Å²) >= 11 is 0. The van der Waals surface area contributed by atoms with Crippen LogP contribution >= 0.6 is 10.8 Å². The number of aromatic amines is 1. The van der Waals surface area contributed by atoms with E-state index in [1.54, 1.807) is 0 Å². The summed E-state index contributed by atoms with van der Waals surface area (Å²) < 4.78 is 21.7. The van der Waals surface area contributed by atoms with Gasteiger partial charge in [0.25, 0.3) is 0 Å². The van der Waals surface area contributed by atoms with E-state index in [1.807, 2.05) is 12.4 Å². The topological polar surface area (TPSA) is 62.8 Å². The molecule has 0 spiro atoms. The van der Waals surface area contributed by atoms with Gasteiger partial charge in [0.2, 0.25) is 0 Å². The molecule has 4 nitrogen and oxygen atoms in total. The van der Waals surface area contributed by atoms with Crippen LogP contribution in [0.4, 0.5) is 0 Å². The van der Waals surface area contributed by atoms with E-state index in [4.69, 9.17) is 0 Å². The summed E-state index contributed by atoms with van der Waals surface area (Å²) in [6.45, 7) is 0. The Morgan fingerprint density at radius 3 is 2.69 bits per heavy atom. The maximum Gasteiger partial charge on any atom is 0.198 e. The van der Waals surface area contributed by atoms with E-state index in [9.17, 15) is 8.42 Å². The summed E-state index contributed by atoms with van der Waals surface area (Å²) in [6.07, 6.45) is 10.4. The molecule has 92 valence electrons. The maximum absolute atomic E-state index is 10.8. The summed E-state index contributed by atoms with van der Waals surface area (Å²) in [5.74, 6) is 0.713. The minimum absolute atomic E-state index is 0.713. The summed E-state index contributed by atoms with van der Waals surface area (Å²) in [6, 6.07) is 0. The second kappa shape index (κ2) is 6.96. The molecule has 0 bridgehead atoms. The molecule has 0 saturated heterocycles. The van der Waals surface area contributed by atoms with Crippen molar-refractivity contribution in [3.63, 3.8) is 0 Å². The third kappa shape index (κ3) is 6.90. The second-order valence-corrected chi connectivity index (χ2v) is 8.37. The van der Waals surface area contributed by atoms with Gasteiger partial charge in [-0.2, -0.15) is 5.10 Å². The van der Waals surface area contributed by atoms with Crippen molar-refractivity contribution in [2.24, 2.45) is 0 Å². The largest absolute Gasteiger partial charge is 0.285 e. The van der Waals surface area contributed by atoms with E-state index in [1.165, 1.54) is 11.8 Å². The molecule has 0 aromatic carbocycles. The van der Waals surface area contributed by atoms with Crippen molar-refractivity contribution in [1.29, 1.82) is 0 Å². The Morgan fingerprint density at radius 1 is 1.31 bits per heavy atom. The molecule has 0 aliphatic heterocycles. The van der Waals surface area contributed by atoms with Crippen molar-refractivity contribution < 1.29 is 8.42 Å². The number of rotatable bonds is 8. The fourth-order valence-electron chi connectivity index (χ4n) is 1.41. The number of unbranched alkanes of at least 4 members (excludes halogenated alkanes) is 3.